The van der Waals surface area contributed by atoms with E-state index >= 15 is 0 Å². The maximum atomic E-state index is 11.1. The average Bonchev–Trinajstić information content (AvgIpc) is 2.37. The molecule has 12 heavy (non-hydrogen) atoms. The summed E-state index contributed by atoms with van der Waals surface area (Å²) in [4.78, 5) is 16.6. The lowest BCUT2D eigenvalue weighted by Gasteiger charge is -2.15. The fourth-order valence-electron chi connectivity index (χ4n) is 1.13. The van der Waals surface area contributed by atoms with Crippen molar-refractivity contribution in [3.05, 3.63) is 12.7 Å². The summed E-state index contributed by atoms with van der Waals surface area (Å²) < 4.78 is 0. The fourth-order valence-corrected chi connectivity index (χ4v) is 1.13. The van der Waals surface area contributed by atoms with Crippen LogP contribution in [0.3, 0.4) is 0 Å². The number of rotatable bonds is 4. The number of carbonyl (C=O) groups excluding carboxylic acids is 1. The molecular weight excluding hydrogens is 156 g/mol. The van der Waals surface area contributed by atoms with Crippen molar-refractivity contribution in [3.8, 4) is 0 Å². The van der Waals surface area contributed by atoms with E-state index in [2.05, 4.69) is 11.6 Å². The summed E-state index contributed by atoms with van der Waals surface area (Å²) in [5, 5.41) is 8.66. The van der Waals surface area contributed by atoms with E-state index in [9.17, 15) is 4.79 Å². The first-order valence-corrected chi connectivity index (χ1v) is 3.85. The van der Waals surface area contributed by atoms with E-state index in [1.165, 1.54) is 4.90 Å². The van der Waals surface area contributed by atoms with Gasteiger partial charge < -0.3 is 5.11 Å². The second-order valence-corrected chi connectivity index (χ2v) is 2.49. The van der Waals surface area contributed by atoms with Crippen LogP contribution in [0.15, 0.2) is 17.6 Å². The van der Waals surface area contributed by atoms with E-state index in [0.29, 0.717) is 18.8 Å². The molecule has 0 saturated carbocycles. The Morgan fingerprint density at radius 2 is 2.50 bits per heavy atom. The fraction of sp³-hybridized carbons (Fsp3) is 0.500. The van der Waals surface area contributed by atoms with Gasteiger partial charge in [0.2, 0.25) is 5.91 Å². The van der Waals surface area contributed by atoms with Crippen LogP contribution in [0.25, 0.3) is 0 Å². The second-order valence-electron chi connectivity index (χ2n) is 2.49. The number of hydrogen-bond acceptors (Lipinski definition) is 3. The third-order valence-corrected chi connectivity index (χ3v) is 1.66. The number of aliphatic imine (C=N–C) groups is 1. The third-order valence-electron chi connectivity index (χ3n) is 1.66. The minimum atomic E-state index is -0.0408. The van der Waals surface area contributed by atoms with Crippen LogP contribution in [0.1, 0.15) is 6.42 Å². The molecule has 1 amide bonds. The highest BCUT2D eigenvalue weighted by atomic mass is 16.3. The van der Waals surface area contributed by atoms with Gasteiger partial charge in [-0.05, 0) is 0 Å². The first kappa shape index (κ1) is 8.93. The standard InChI is InChI=1S/C8H12N2O2/c1-2-3-7-9-6-8(12)10(7)4-5-11/h2,11H,1,3-6H2. The summed E-state index contributed by atoms with van der Waals surface area (Å²) in [6, 6.07) is 0. The van der Waals surface area contributed by atoms with E-state index in [0.717, 1.165) is 0 Å². The van der Waals surface area contributed by atoms with Crippen LogP contribution in [0.2, 0.25) is 0 Å². The summed E-state index contributed by atoms with van der Waals surface area (Å²) >= 11 is 0. The normalized spacial score (nSPS) is 16.6. The Kier molecular flexibility index (Phi) is 2.99. The topological polar surface area (TPSA) is 52.9 Å². The molecule has 0 unspecified atom stereocenters. The first-order valence-electron chi connectivity index (χ1n) is 3.85. The van der Waals surface area contributed by atoms with Gasteiger partial charge >= 0.3 is 0 Å². The van der Waals surface area contributed by atoms with Crippen LogP contribution in [0.4, 0.5) is 0 Å². The van der Waals surface area contributed by atoms with Crippen LogP contribution in [-0.2, 0) is 4.79 Å². The van der Waals surface area contributed by atoms with Crippen molar-refractivity contribution in [2.24, 2.45) is 4.99 Å². The molecular formula is C8H12N2O2. The van der Waals surface area contributed by atoms with Crippen molar-refractivity contribution in [2.75, 3.05) is 19.7 Å². The van der Waals surface area contributed by atoms with E-state index in [1.807, 2.05) is 0 Å². The van der Waals surface area contributed by atoms with Gasteiger partial charge in [0.05, 0.1) is 13.2 Å². The molecule has 0 spiro atoms. The van der Waals surface area contributed by atoms with Gasteiger partial charge in [-0.3, -0.25) is 14.7 Å². The van der Waals surface area contributed by atoms with Gasteiger partial charge in [0.1, 0.15) is 12.4 Å². The van der Waals surface area contributed by atoms with Crippen LogP contribution < -0.4 is 0 Å². The molecule has 0 bridgehead atoms. The summed E-state index contributed by atoms with van der Waals surface area (Å²) in [7, 11) is 0. The molecule has 0 aliphatic carbocycles. The molecule has 0 aromatic rings. The van der Waals surface area contributed by atoms with Crippen molar-refractivity contribution in [1.29, 1.82) is 0 Å². The number of carbonyl (C=O) groups is 1. The number of amides is 1. The minimum absolute atomic E-state index is 0.0259. The highest BCUT2D eigenvalue weighted by Crippen LogP contribution is 2.06. The number of hydrogen-bond donors (Lipinski definition) is 1. The first-order chi connectivity index (χ1) is 5.79. The van der Waals surface area contributed by atoms with Crippen LogP contribution >= 0.6 is 0 Å². The molecule has 1 heterocycles. The van der Waals surface area contributed by atoms with E-state index in [4.69, 9.17) is 5.11 Å². The summed E-state index contributed by atoms with van der Waals surface area (Å²) in [5.41, 5.74) is 0. The summed E-state index contributed by atoms with van der Waals surface area (Å²) in [5.74, 6) is 0.671. The van der Waals surface area contributed by atoms with Crippen molar-refractivity contribution in [2.45, 2.75) is 6.42 Å². The van der Waals surface area contributed by atoms with Gasteiger partial charge in [-0.1, -0.05) is 6.08 Å². The zero-order valence-corrected chi connectivity index (χ0v) is 6.86. The van der Waals surface area contributed by atoms with Gasteiger partial charge in [-0.15, -0.1) is 6.58 Å². The van der Waals surface area contributed by atoms with Crippen molar-refractivity contribution in [1.82, 2.24) is 4.90 Å². The van der Waals surface area contributed by atoms with Crippen LogP contribution in [-0.4, -0.2) is 41.4 Å². The molecule has 1 rings (SSSR count). The van der Waals surface area contributed by atoms with Crippen LogP contribution in [0.5, 0.6) is 0 Å². The Balaban J connectivity index is 2.60. The zero-order valence-electron chi connectivity index (χ0n) is 6.86. The molecule has 1 aliphatic rings. The molecule has 0 saturated heterocycles. The Labute approximate surface area is 71.2 Å². The molecule has 1 N–H and O–H groups in total. The van der Waals surface area contributed by atoms with Gasteiger partial charge in [0, 0.05) is 6.42 Å². The number of aliphatic hydroxyl groups excluding tert-OH is 1. The van der Waals surface area contributed by atoms with E-state index in [1.54, 1.807) is 6.08 Å². The number of aliphatic hydroxyl groups is 1. The molecule has 0 radical (unpaired) electrons. The molecule has 4 nitrogen and oxygen atoms in total. The molecule has 0 aromatic carbocycles. The lowest BCUT2D eigenvalue weighted by atomic mass is 10.3. The van der Waals surface area contributed by atoms with Gasteiger partial charge in [0.25, 0.3) is 0 Å². The minimum Gasteiger partial charge on any atom is -0.395 e. The maximum absolute atomic E-state index is 11.1. The molecule has 4 heteroatoms. The molecule has 0 aromatic heterocycles. The van der Waals surface area contributed by atoms with Gasteiger partial charge in [0.15, 0.2) is 0 Å². The molecule has 0 fully saturated rings. The number of nitrogens with zero attached hydrogens (tertiary/aromatic N) is 2. The van der Waals surface area contributed by atoms with Gasteiger partial charge in [-0.2, -0.15) is 0 Å². The summed E-state index contributed by atoms with van der Waals surface area (Å²) in [6.07, 6.45) is 2.29. The highest BCUT2D eigenvalue weighted by Gasteiger charge is 2.22. The molecule has 66 valence electrons. The van der Waals surface area contributed by atoms with Crippen molar-refractivity contribution in [3.63, 3.8) is 0 Å². The van der Waals surface area contributed by atoms with E-state index in [-0.39, 0.29) is 19.1 Å². The predicted molar refractivity (Wildman–Crippen MR) is 45.9 cm³/mol. The zero-order chi connectivity index (χ0) is 8.97. The Morgan fingerprint density at radius 3 is 3.08 bits per heavy atom. The summed E-state index contributed by atoms with van der Waals surface area (Å²) in [6.45, 7) is 4.09. The smallest absolute Gasteiger partial charge is 0.249 e. The van der Waals surface area contributed by atoms with Crippen molar-refractivity contribution >= 4 is 11.7 Å². The quantitative estimate of drug-likeness (QED) is 0.591. The van der Waals surface area contributed by atoms with E-state index < -0.39 is 0 Å². The maximum Gasteiger partial charge on any atom is 0.249 e. The average molecular weight is 168 g/mol. The Bertz CT molecular complexity index is 223. The lowest BCUT2D eigenvalue weighted by molar-refractivity contribution is -0.125. The molecule has 0 atom stereocenters. The third kappa shape index (κ3) is 1.71. The predicted octanol–water partition coefficient (Wildman–Crippen LogP) is -0.205. The number of β-amino-alcohol motifs (C(OH)–C–C–N with tert-alkyl or cyclic N) is 1. The SMILES string of the molecule is C=CCC1=NCC(=O)N1CCO. The monoisotopic (exact) mass is 168 g/mol. The van der Waals surface area contributed by atoms with Gasteiger partial charge in [-0.25, -0.2) is 0 Å². The molecule has 1 aliphatic heterocycles. The number of amidine groups is 1. The Hall–Kier alpha value is -1.16. The highest BCUT2D eigenvalue weighted by molar-refractivity contribution is 6.04. The second kappa shape index (κ2) is 4.01. The largest absolute Gasteiger partial charge is 0.395 e. The van der Waals surface area contributed by atoms with Crippen LogP contribution in [0, 0.1) is 0 Å². The Morgan fingerprint density at radius 1 is 1.75 bits per heavy atom. The van der Waals surface area contributed by atoms with Crippen molar-refractivity contribution < 1.29 is 9.90 Å². The lowest BCUT2D eigenvalue weighted by Crippen LogP contribution is -2.34.